The maximum atomic E-state index is 7.00. The van der Waals surface area contributed by atoms with Gasteiger partial charge >= 0.3 is 0 Å². The third kappa shape index (κ3) is 5.99. The van der Waals surface area contributed by atoms with Crippen molar-refractivity contribution in [2.45, 2.75) is 71.6 Å². The Bertz CT molecular complexity index is 628. The van der Waals surface area contributed by atoms with E-state index in [9.17, 15) is 0 Å². The van der Waals surface area contributed by atoms with E-state index in [1.165, 1.54) is 24.0 Å². The van der Waals surface area contributed by atoms with Crippen molar-refractivity contribution in [2.24, 2.45) is 5.41 Å². The molecule has 0 spiro atoms. The second-order valence-electron chi connectivity index (χ2n) is 9.05. The fraction of sp³-hybridized carbons (Fsp3) is 0.520. The highest BCUT2D eigenvalue weighted by Crippen LogP contribution is 2.46. The van der Waals surface area contributed by atoms with Gasteiger partial charge in [-0.3, -0.25) is 0 Å². The van der Waals surface area contributed by atoms with Crippen molar-refractivity contribution in [1.29, 1.82) is 0 Å². The lowest BCUT2D eigenvalue weighted by Crippen LogP contribution is -2.36. The fourth-order valence-electron chi connectivity index (χ4n) is 4.26. The summed E-state index contributed by atoms with van der Waals surface area (Å²) in [5, 5.41) is 7.00. The minimum atomic E-state index is 0.148. The number of hydrogen-bond acceptors (Lipinski definition) is 1. The molecule has 0 radical (unpaired) electrons. The molecule has 0 bridgehead atoms. The minimum Gasteiger partial charge on any atom is -0.400 e. The van der Waals surface area contributed by atoms with E-state index in [0.717, 1.165) is 13.5 Å². The zero-order valence-electron chi connectivity index (χ0n) is 17.8. The van der Waals surface area contributed by atoms with E-state index in [0.29, 0.717) is 5.41 Å². The Morgan fingerprint density at radius 1 is 0.654 bits per heavy atom. The summed E-state index contributed by atoms with van der Waals surface area (Å²) in [6.07, 6.45) is 3.56. The molecule has 2 aromatic carbocycles. The average Bonchev–Trinajstić information content (AvgIpc) is 2.64. The van der Waals surface area contributed by atoms with Crippen molar-refractivity contribution in [3.8, 4) is 0 Å². The Balaban J connectivity index is 0.00000163. The van der Waals surface area contributed by atoms with E-state index in [-0.39, 0.29) is 10.8 Å². The highest BCUT2D eigenvalue weighted by Gasteiger charge is 2.38. The van der Waals surface area contributed by atoms with Gasteiger partial charge in [-0.15, -0.1) is 0 Å². The van der Waals surface area contributed by atoms with Gasteiger partial charge in [-0.1, -0.05) is 109 Å². The van der Waals surface area contributed by atoms with E-state index < -0.39 is 0 Å². The smallest absolute Gasteiger partial charge is 0.0319 e. The number of benzene rings is 2. The first-order valence-corrected chi connectivity index (χ1v) is 9.74. The van der Waals surface area contributed by atoms with Gasteiger partial charge in [0.2, 0.25) is 0 Å². The van der Waals surface area contributed by atoms with Crippen LogP contribution in [-0.2, 0) is 10.8 Å². The van der Waals surface area contributed by atoms with Crippen LogP contribution in [0.5, 0.6) is 0 Å². The lowest BCUT2D eigenvalue weighted by molar-refractivity contribution is 0.199. The third-order valence-corrected chi connectivity index (χ3v) is 5.68. The Morgan fingerprint density at radius 2 is 1.08 bits per heavy atom. The Kier molecular flexibility index (Phi) is 8.09. The van der Waals surface area contributed by atoms with Gasteiger partial charge in [0.1, 0.15) is 0 Å². The molecule has 0 aromatic heterocycles. The van der Waals surface area contributed by atoms with E-state index in [2.05, 4.69) is 102 Å². The van der Waals surface area contributed by atoms with Gasteiger partial charge in [0.15, 0.2) is 0 Å². The predicted octanol–water partition coefficient (Wildman–Crippen LogP) is 6.75. The normalized spacial score (nSPS) is 14.2. The Morgan fingerprint density at radius 3 is 1.50 bits per heavy atom. The van der Waals surface area contributed by atoms with Gasteiger partial charge < -0.3 is 5.11 Å². The second kappa shape index (κ2) is 9.37. The molecule has 26 heavy (non-hydrogen) atoms. The average molecular weight is 355 g/mol. The molecule has 1 atom stereocenters. The predicted molar refractivity (Wildman–Crippen MR) is 115 cm³/mol. The van der Waals surface area contributed by atoms with Crippen molar-refractivity contribution in [1.82, 2.24) is 0 Å². The molecule has 1 heteroatoms. The summed E-state index contributed by atoms with van der Waals surface area (Å²) in [5.74, 6) is 0. The van der Waals surface area contributed by atoms with Crippen LogP contribution in [0.4, 0.5) is 0 Å². The molecule has 0 aliphatic carbocycles. The second-order valence-corrected chi connectivity index (χ2v) is 9.05. The highest BCUT2D eigenvalue weighted by atomic mass is 16.2. The largest absolute Gasteiger partial charge is 0.400 e. The van der Waals surface area contributed by atoms with Crippen molar-refractivity contribution >= 4 is 0 Å². The zero-order valence-corrected chi connectivity index (χ0v) is 17.8. The number of rotatable bonds is 7. The molecule has 2 aromatic rings. The first-order valence-electron chi connectivity index (χ1n) is 9.74. The molecule has 0 heterocycles. The molecule has 0 saturated heterocycles. The third-order valence-electron chi connectivity index (χ3n) is 5.68. The SMILES string of the molecule is CCC(C)(C)CC(C)(CC(C)(C)c1ccccc1)c1ccccc1.CO. The molecule has 0 aliphatic heterocycles. The molecule has 1 N–H and O–H groups in total. The van der Waals surface area contributed by atoms with Crippen LogP contribution in [0.3, 0.4) is 0 Å². The monoisotopic (exact) mass is 354 g/mol. The van der Waals surface area contributed by atoms with Crippen LogP contribution < -0.4 is 0 Å². The van der Waals surface area contributed by atoms with E-state index in [1.54, 1.807) is 0 Å². The Hall–Kier alpha value is -1.60. The molecule has 0 amide bonds. The van der Waals surface area contributed by atoms with Gasteiger partial charge in [-0.05, 0) is 40.2 Å². The summed E-state index contributed by atoms with van der Waals surface area (Å²) >= 11 is 0. The van der Waals surface area contributed by atoms with Crippen LogP contribution in [0.2, 0.25) is 0 Å². The van der Waals surface area contributed by atoms with Crippen molar-refractivity contribution in [3.05, 3.63) is 71.8 Å². The van der Waals surface area contributed by atoms with E-state index in [1.807, 2.05) is 0 Å². The van der Waals surface area contributed by atoms with Gasteiger partial charge in [-0.2, -0.15) is 0 Å². The number of hydrogen-bond donors (Lipinski definition) is 1. The maximum Gasteiger partial charge on any atom is 0.0319 e. The molecular weight excluding hydrogens is 316 g/mol. The molecule has 0 saturated carbocycles. The first kappa shape index (κ1) is 22.4. The van der Waals surface area contributed by atoms with Crippen LogP contribution >= 0.6 is 0 Å². The number of aliphatic hydroxyl groups excluding tert-OH is 1. The van der Waals surface area contributed by atoms with Crippen LogP contribution in [0.25, 0.3) is 0 Å². The molecule has 1 unspecified atom stereocenters. The molecule has 0 aliphatic rings. The first-order chi connectivity index (χ1) is 12.2. The Labute approximate surface area is 161 Å². The minimum absolute atomic E-state index is 0.148. The summed E-state index contributed by atoms with van der Waals surface area (Å²) in [5.41, 5.74) is 3.56. The fourth-order valence-corrected chi connectivity index (χ4v) is 4.26. The van der Waals surface area contributed by atoms with Gasteiger partial charge in [0, 0.05) is 7.11 Å². The standard InChI is InChI=1S/C24H34.CH4O/c1-7-22(2,3)18-24(6,21-16-12-9-13-17-21)19-23(4,5)20-14-10-8-11-15-20;1-2/h8-17H,7,18-19H2,1-6H3;2H,1H3. The molecular formula is C25H38O. The lowest BCUT2D eigenvalue weighted by Gasteiger charge is -2.43. The number of aliphatic hydroxyl groups is 1. The summed E-state index contributed by atoms with van der Waals surface area (Å²) in [6, 6.07) is 22.1. The summed E-state index contributed by atoms with van der Waals surface area (Å²) in [4.78, 5) is 0. The molecule has 1 nitrogen and oxygen atoms in total. The topological polar surface area (TPSA) is 20.2 Å². The maximum absolute atomic E-state index is 7.00. The summed E-state index contributed by atoms with van der Waals surface area (Å²) in [6.45, 7) is 14.4. The van der Waals surface area contributed by atoms with E-state index >= 15 is 0 Å². The summed E-state index contributed by atoms with van der Waals surface area (Å²) in [7, 11) is 1.00. The molecule has 2 rings (SSSR count). The van der Waals surface area contributed by atoms with Crippen LogP contribution in [0, 0.1) is 5.41 Å². The highest BCUT2D eigenvalue weighted by molar-refractivity contribution is 5.30. The zero-order chi connectivity index (χ0) is 19.8. The quantitative estimate of drug-likeness (QED) is 0.583. The van der Waals surface area contributed by atoms with Crippen LogP contribution in [0.1, 0.15) is 71.9 Å². The van der Waals surface area contributed by atoms with Gasteiger partial charge in [0.25, 0.3) is 0 Å². The van der Waals surface area contributed by atoms with Crippen molar-refractivity contribution in [3.63, 3.8) is 0 Å². The van der Waals surface area contributed by atoms with Crippen molar-refractivity contribution in [2.75, 3.05) is 7.11 Å². The summed E-state index contributed by atoms with van der Waals surface area (Å²) < 4.78 is 0. The van der Waals surface area contributed by atoms with Gasteiger partial charge in [0.05, 0.1) is 0 Å². The van der Waals surface area contributed by atoms with E-state index in [4.69, 9.17) is 5.11 Å². The van der Waals surface area contributed by atoms with Crippen LogP contribution in [0.15, 0.2) is 60.7 Å². The lowest BCUT2D eigenvalue weighted by atomic mass is 9.61. The van der Waals surface area contributed by atoms with Crippen molar-refractivity contribution < 1.29 is 5.11 Å². The molecule has 144 valence electrons. The van der Waals surface area contributed by atoms with Crippen LogP contribution in [-0.4, -0.2) is 12.2 Å². The molecule has 0 fully saturated rings. The van der Waals surface area contributed by atoms with Gasteiger partial charge in [-0.25, -0.2) is 0 Å².